The lowest BCUT2D eigenvalue weighted by Gasteiger charge is -2.24. The summed E-state index contributed by atoms with van der Waals surface area (Å²) in [6.45, 7) is 6.16. The van der Waals surface area contributed by atoms with Crippen molar-refractivity contribution in [1.82, 2.24) is 15.1 Å². The number of carbonyl (C=O) groups is 1. The first-order chi connectivity index (χ1) is 10.0. The van der Waals surface area contributed by atoms with Gasteiger partial charge in [0.2, 0.25) is 10.1 Å². The van der Waals surface area contributed by atoms with E-state index in [9.17, 15) is 18.0 Å². The number of likely N-dealkylation sites (tertiary alicyclic amines) is 1. The molecule has 1 aliphatic rings. The zero-order chi connectivity index (χ0) is 16.5. The van der Waals surface area contributed by atoms with E-state index in [1.54, 1.807) is 20.8 Å². The van der Waals surface area contributed by atoms with E-state index in [1.807, 2.05) is 0 Å². The molecule has 1 aromatic heterocycles. The van der Waals surface area contributed by atoms with Crippen LogP contribution < -0.4 is 5.32 Å². The molecule has 6 nitrogen and oxygen atoms in total. The number of nitrogens with zero attached hydrogens (tertiary/aromatic N) is 3. The summed E-state index contributed by atoms with van der Waals surface area (Å²) in [6, 6.07) is -0.165. The van der Waals surface area contributed by atoms with Crippen molar-refractivity contribution in [2.24, 2.45) is 0 Å². The maximum atomic E-state index is 12.5. The molecule has 0 radical (unpaired) electrons. The van der Waals surface area contributed by atoms with Crippen LogP contribution in [0.25, 0.3) is 0 Å². The smallest absolute Gasteiger partial charge is 0.444 e. The van der Waals surface area contributed by atoms with Crippen LogP contribution in [0.2, 0.25) is 0 Å². The Morgan fingerprint density at radius 2 is 2.05 bits per heavy atom. The van der Waals surface area contributed by atoms with Gasteiger partial charge < -0.3 is 15.0 Å². The van der Waals surface area contributed by atoms with E-state index in [4.69, 9.17) is 4.74 Å². The number of nitrogens with one attached hydrogen (secondary N) is 1. The van der Waals surface area contributed by atoms with Crippen molar-refractivity contribution in [1.29, 1.82) is 0 Å². The normalized spacial score (nSPS) is 19.4. The maximum absolute atomic E-state index is 12.5. The Bertz CT molecular complexity index is 541. The number of halogens is 3. The van der Waals surface area contributed by atoms with Crippen LogP contribution >= 0.6 is 11.3 Å². The lowest BCUT2D eigenvalue weighted by molar-refractivity contribution is -0.138. The fraction of sp³-hybridized carbons (Fsp3) is 0.750. The van der Waals surface area contributed by atoms with Crippen molar-refractivity contribution in [2.45, 2.75) is 45.0 Å². The van der Waals surface area contributed by atoms with Crippen LogP contribution in [0.5, 0.6) is 0 Å². The number of alkyl halides is 3. The summed E-state index contributed by atoms with van der Waals surface area (Å²) in [5.74, 6) is 0. The minimum Gasteiger partial charge on any atom is -0.444 e. The van der Waals surface area contributed by atoms with Crippen LogP contribution in [0.4, 0.5) is 23.1 Å². The van der Waals surface area contributed by atoms with Gasteiger partial charge in [0.05, 0.1) is 0 Å². The standard InChI is InChI=1S/C12H17F3N4O2S/c1-11(2,3)21-10(20)19-5-4-7(6-19)16-9-18-17-8(22-9)12(13,14)15/h7H,4-6H2,1-3H3,(H,16,18). The second-order valence-corrected chi connectivity index (χ2v) is 6.94. The molecule has 2 rings (SSSR count). The van der Waals surface area contributed by atoms with Crippen molar-refractivity contribution in [3.8, 4) is 0 Å². The van der Waals surface area contributed by atoms with Crippen LogP contribution in [0.1, 0.15) is 32.2 Å². The molecule has 0 spiro atoms. The Labute approximate surface area is 129 Å². The van der Waals surface area contributed by atoms with Crippen LogP contribution in [-0.4, -0.2) is 45.9 Å². The number of carbonyl (C=O) groups excluding carboxylic acids is 1. The monoisotopic (exact) mass is 338 g/mol. The number of aromatic nitrogens is 2. The zero-order valence-corrected chi connectivity index (χ0v) is 13.2. The summed E-state index contributed by atoms with van der Waals surface area (Å²) < 4.78 is 42.6. The van der Waals surface area contributed by atoms with Crippen molar-refractivity contribution in [3.05, 3.63) is 5.01 Å². The molecule has 1 unspecified atom stereocenters. The van der Waals surface area contributed by atoms with Crippen molar-refractivity contribution < 1.29 is 22.7 Å². The van der Waals surface area contributed by atoms with Gasteiger partial charge in [-0.15, -0.1) is 10.2 Å². The molecule has 1 saturated heterocycles. The SMILES string of the molecule is CC(C)(C)OC(=O)N1CCC(Nc2nnc(C(F)(F)F)s2)C1. The minimum atomic E-state index is -4.49. The average Bonchev–Trinajstić information content (AvgIpc) is 2.95. The fourth-order valence-corrected chi connectivity index (χ4v) is 2.63. The average molecular weight is 338 g/mol. The highest BCUT2D eigenvalue weighted by molar-refractivity contribution is 7.15. The molecule has 10 heteroatoms. The molecule has 2 heterocycles. The molecule has 0 aliphatic carbocycles. The molecule has 1 amide bonds. The van der Waals surface area contributed by atoms with Crippen molar-refractivity contribution >= 4 is 22.6 Å². The van der Waals surface area contributed by atoms with Gasteiger partial charge in [0.15, 0.2) is 0 Å². The summed E-state index contributed by atoms with van der Waals surface area (Å²) in [6.07, 6.45) is -4.30. The number of rotatable bonds is 2. The van der Waals surface area contributed by atoms with Gasteiger partial charge in [-0.1, -0.05) is 11.3 Å². The van der Waals surface area contributed by atoms with Gasteiger partial charge in [-0.05, 0) is 27.2 Å². The molecule has 0 saturated carbocycles. The number of hydrogen-bond acceptors (Lipinski definition) is 6. The van der Waals surface area contributed by atoms with E-state index in [0.717, 1.165) is 0 Å². The third-order valence-electron chi connectivity index (χ3n) is 2.84. The highest BCUT2D eigenvalue weighted by Crippen LogP contribution is 2.33. The molecule has 22 heavy (non-hydrogen) atoms. The highest BCUT2D eigenvalue weighted by Gasteiger charge is 2.36. The molecule has 124 valence electrons. The Morgan fingerprint density at radius 1 is 1.36 bits per heavy atom. The predicted molar refractivity (Wildman–Crippen MR) is 74.7 cm³/mol. The van der Waals surface area contributed by atoms with Crippen LogP contribution in [0.15, 0.2) is 0 Å². The molecule has 0 aromatic carbocycles. The van der Waals surface area contributed by atoms with Gasteiger partial charge in [0, 0.05) is 19.1 Å². The first kappa shape index (κ1) is 16.8. The van der Waals surface area contributed by atoms with Crippen LogP contribution in [0, 0.1) is 0 Å². The Kier molecular flexibility index (Phi) is 4.50. The van der Waals surface area contributed by atoms with Crippen LogP contribution in [-0.2, 0) is 10.9 Å². The van der Waals surface area contributed by atoms with Crippen molar-refractivity contribution in [3.63, 3.8) is 0 Å². The van der Waals surface area contributed by atoms with Gasteiger partial charge in [-0.25, -0.2) is 4.79 Å². The largest absolute Gasteiger partial charge is 0.445 e. The van der Waals surface area contributed by atoms with Gasteiger partial charge in [-0.3, -0.25) is 0 Å². The summed E-state index contributed by atoms with van der Waals surface area (Å²) in [4.78, 5) is 13.4. The van der Waals surface area contributed by atoms with E-state index < -0.39 is 22.9 Å². The molecule has 1 aromatic rings. The van der Waals surface area contributed by atoms with E-state index in [0.29, 0.717) is 30.8 Å². The highest BCUT2D eigenvalue weighted by atomic mass is 32.1. The summed E-state index contributed by atoms with van der Waals surface area (Å²) in [5, 5.41) is 8.57. The van der Waals surface area contributed by atoms with Gasteiger partial charge in [0.1, 0.15) is 5.60 Å². The van der Waals surface area contributed by atoms with E-state index in [1.165, 1.54) is 4.90 Å². The van der Waals surface area contributed by atoms with E-state index in [-0.39, 0.29) is 11.2 Å². The first-order valence-electron chi connectivity index (χ1n) is 6.70. The fourth-order valence-electron chi connectivity index (χ4n) is 1.94. The molecule has 1 fully saturated rings. The molecule has 1 atom stereocenters. The number of hydrogen-bond donors (Lipinski definition) is 1. The summed E-state index contributed by atoms with van der Waals surface area (Å²) >= 11 is 0.453. The van der Waals surface area contributed by atoms with Gasteiger partial charge in [0.25, 0.3) is 0 Å². The minimum absolute atomic E-state index is 0.100. The van der Waals surface area contributed by atoms with Gasteiger partial charge in [-0.2, -0.15) is 13.2 Å². The first-order valence-corrected chi connectivity index (χ1v) is 7.51. The predicted octanol–water partition coefficient (Wildman–Crippen LogP) is 2.98. The third kappa shape index (κ3) is 4.46. The molecular weight excluding hydrogens is 321 g/mol. The maximum Gasteiger partial charge on any atom is 0.445 e. The molecule has 1 aliphatic heterocycles. The van der Waals surface area contributed by atoms with Gasteiger partial charge >= 0.3 is 12.3 Å². The quantitative estimate of drug-likeness (QED) is 0.898. The summed E-state index contributed by atoms with van der Waals surface area (Å²) in [7, 11) is 0. The molecular formula is C12H17F3N4O2S. The summed E-state index contributed by atoms with van der Waals surface area (Å²) in [5.41, 5.74) is -0.580. The van der Waals surface area contributed by atoms with E-state index in [2.05, 4.69) is 15.5 Å². The Hall–Kier alpha value is -1.58. The second-order valence-electron chi connectivity index (χ2n) is 5.97. The Morgan fingerprint density at radius 3 is 2.59 bits per heavy atom. The lowest BCUT2D eigenvalue weighted by Crippen LogP contribution is -2.36. The van der Waals surface area contributed by atoms with Crippen LogP contribution in [0.3, 0.4) is 0 Å². The van der Waals surface area contributed by atoms with E-state index >= 15 is 0 Å². The number of anilines is 1. The third-order valence-corrected chi connectivity index (χ3v) is 3.73. The second kappa shape index (κ2) is 5.90. The molecule has 1 N–H and O–H groups in total. The topological polar surface area (TPSA) is 67.3 Å². The number of ether oxygens (including phenoxy) is 1. The molecule has 0 bridgehead atoms. The van der Waals surface area contributed by atoms with Crippen molar-refractivity contribution in [2.75, 3.05) is 18.4 Å². The number of amides is 1. The Balaban J connectivity index is 1.89. The zero-order valence-electron chi connectivity index (χ0n) is 12.4. The lowest BCUT2D eigenvalue weighted by atomic mass is 10.2.